The molecule has 1 amide bonds. The van der Waals surface area contributed by atoms with Gasteiger partial charge in [-0.3, -0.25) is 9.69 Å². The number of nitrogens with one attached hydrogen (secondary N) is 1. The van der Waals surface area contributed by atoms with Crippen molar-refractivity contribution in [3.8, 4) is 11.4 Å². The van der Waals surface area contributed by atoms with Crippen molar-refractivity contribution >= 4 is 34.0 Å². The van der Waals surface area contributed by atoms with Gasteiger partial charge in [-0.1, -0.05) is 12.1 Å². The monoisotopic (exact) mass is 411 g/mol. The molecule has 0 aliphatic carbocycles. The lowest BCUT2D eigenvalue weighted by molar-refractivity contribution is -0.122. The molecule has 152 valence electrons. The fraction of sp³-hybridized carbons (Fsp3) is 0.381. The van der Waals surface area contributed by atoms with Gasteiger partial charge in [-0.2, -0.15) is 11.3 Å². The van der Waals surface area contributed by atoms with Crippen LogP contribution in [0.25, 0.3) is 22.3 Å². The van der Waals surface area contributed by atoms with E-state index in [-0.39, 0.29) is 5.91 Å². The predicted molar refractivity (Wildman–Crippen MR) is 116 cm³/mol. The Bertz CT molecular complexity index is 955. The second-order valence-electron chi connectivity index (χ2n) is 7.01. The number of hydrogen-bond acceptors (Lipinski definition) is 7. The van der Waals surface area contributed by atoms with Crippen LogP contribution in [0.2, 0.25) is 0 Å². The van der Waals surface area contributed by atoms with E-state index in [9.17, 15) is 4.79 Å². The zero-order valence-corrected chi connectivity index (χ0v) is 17.3. The summed E-state index contributed by atoms with van der Waals surface area (Å²) in [6, 6.07) is 10.2. The van der Waals surface area contributed by atoms with Crippen LogP contribution >= 0.6 is 11.3 Å². The van der Waals surface area contributed by atoms with E-state index in [2.05, 4.69) is 32.6 Å². The van der Waals surface area contributed by atoms with Gasteiger partial charge in [-0.25, -0.2) is 9.97 Å². The molecule has 0 saturated carbocycles. The first kappa shape index (κ1) is 19.8. The van der Waals surface area contributed by atoms with Crippen LogP contribution < -0.4 is 10.2 Å². The maximum Gasteiger partial charge on any atom is 0.234 e. The number of carbonyl (C=O) groups excluding carboxylic acids is 1. The van der Waals surface area contributed by atoms with Gasteiger partial charge < -0.3 is 15.0 Å². The molecule has 0 spiro atoms. The summed E-state index contributed by atoms with van der Waals surface area (Å²) in [4.78, 5) is 26.2. The maximum absolute atomic E-state index is 12.0. The van der Waals surface area contributed by atoms with Gasteiger partial charge in [0.25, 0.3) is 0 Å². The van der Waals surface area contributed by atoms with Gasteiger partial charge in [0.15, 0.2) is 5.82 Å². The first-order valence-corrected chi connectivity index (χ1v) is 10.7. The molecule has 2 aromatic heterocycles. The number of carbonyl (C=O) groups is 1. The van der Waals surface area contributed by atoms with Gasteiger partial charge in [0.1, 0.15) is 5.82 Å². The van der Waals surface area contributed by atoms with Crippen LogP contribution in [0.1, 0.15) is 0 Å². The van der Waals surface area contributed by atoms with E-state index in [0.717, 1.165) is 54.3 Å². The van der Waals surface area contributed by atoms with Crippen LogP contribution in [-0.2, 0) is 9.53 Å². The van der Waals surface area contributed by atoms with Crippen LogP contribution in [0.15, 0.2) is 41.1 Å². The number of piperazine rings is 1. The van der Waals surface area contributed by atoms with Gasteiger partial charge >= 0.3 is 0 Å². The third-order valence-electron chi connectivity index (χ3n) is 5.03. The van der Waals surface area contributed by atoms with Crippen LogP contribution in [0.5, 0.6) is 0 Å². The smallest absolute Gasteiger partial charge is 0.234 e. The first-order chi connectivity index (χ1) is 14.2. The lowest BCUT2D eigenvalue weighted by atomic mass is 10.2. The molecule has 3 heterocycles. The molecule has 7 nitrogen and oxygen atoms in total. The van der Waals surface area contributed by atoms with Crippen molar-refractivity contribution in [2.45, 2.75) is 0 Å². The third-order valence-corrected chi connectivity index (χ3v) is 5.71. The summed E-state index contributed by atoms with van der Waals surface area (Å²) < 4.78 is 4.97. The number of hydrogen-bond donors (Lipinski definition) is 1. The lowest BCUT2D eigenvalue weighted by Gasteiger charge is -2.35. The number of fused-ring (bicyclic) bond motifs is 1. The lowest BCUT2D eigenvalue weighted by Crippen LogP contribution is -2.50. The number of para-hydroxylation sites is 1. The molecule has 4 rings (SSSR count). The topological polar surface area (TPSA) is 70.6 Å². The quantitative estimate of drug-likeness (QED) is 0.602. The Kier molecular flexibility index (Phi) is 6.33. The Morgan fingerprint density at radius 3 is 2.76 bits per heavy atom. The number of rotatable bonds is 7. The molecular formula is C21H25N5O2S. The maximum atomic E-state index is 12.0. The summed E-state index contributed by atoms with van der Waals surface area (Å²) in [6.07, 6.45) is 0. The molecule has 0 unspecified atom stereocenters. The molecule has 8 heteroatoms. The molecule has 29 heavy (non-hydrogen) atoms. The van der Waals surface area contributed by atoms with Crippen molar-refractivity contribution < 1.29 is 9.53 Å². The fourth-order valence-electron chi connectivity index (χ4n) is 3.49. The van der Waals surface area contributed by atoms with Gasteiger partial charge in [0, 0.05) is 56.2 Å². The normalized spacial score (nSPS) is 15.0. The Balaban J connectivity index is 1.47. The highest BCUT2D eigenvalue weighted by Gasteiger charge is 2.22. The molecule has 3 aromatic rings. The van der Waals surface area contributed by atoms with Crippen molar-refractivity contribution in [2.75, 3.05) is 57.9 Å². The molecule has 0 atom stereocenters. The zero-order valence-electron chi connectivity index (χ0n) is 16.5. The van der Waals surface area contributed by atoms with Crippen LogP contribution in [0, 0.1) is 0 Å². The van der Waals surface area contributed by atoms with Crippen LogP contribution in [0.4, 0.5) is 5.82 Å². The Morgan fingerprint density at radius 1 is 1.17 bits per heavy atom. The van der Waals surface area contributed by atoms with E-state index < -0.39 is 0 Å². The number of anilines is 1. The van der Waals surface area contributed by atoms with E-state index in [0.29, 0.717) is 19.7 Å². The van der Waals surface area contributed by atoms with E-state index >= 15 is 0 Å². The van der Waals surface area contributed by atoms with Gasteiger partial charge in [0.05, 0.1) is 18.7 Å². The second-order valence-corrected chi connectivity index (χ2v) is 7.79. The number of methoxy groups -OCH3 is 1. The predicted octanol–water partition coefficient (Wildman–Crippen LogP) is 2.24. The zero-order chi connectivity index (χ0) is 20.1. The van der Waals surface area contributed by atoms with E-state index in [1.807, 2.05) is 23.6 Å². The second kappa shape index (κ2) is 9.30. The molecule has 0 bridgehead atoms. The molecule has 1 N–H and O–H groups in total. The SMILES string of the molecule is COCCNC(=O)CN1CCN(c2nc(-c3ccsc3)nc3ccccc23)CC1. The molecule has 1 fully saturated rings. The van der Waals surface area contributed by atoms with Crippen molar-refractivity contribution in [2.24, 2.45) is 0 Å². The molecule has 0 radical (unpaired) electrons. The van der Waals surface area contributed by atoms with E-state index in [1.54, 1.807) is 18.4 Å². The summed E-state index contributed by atoms with van der Waals surface area (Å²) in [6.45, 7) is 4.81. The minimum Gasteiger partial charge on any atom is -0.383 e. The highest BCUT2D eigenvalue weighted by atomic mass is 32.1. The number of amides is 1. The van der Waals surface area contributed by atoms with E-state index in [1.165, 1.54) is 0 Å². The Labute approximate surface area is 174 Å². The number of nitrogens with zero attached hydrogens (tertiary/aromatic N) is 4. The number of ether oxygens (including phenoxy) is 1. The summed E-state index contributed by atoms with van der Waals surface area (Å²) >= 11 is 1.65. The summed E-state index contributed by atoms with van der Waals surface area (Å²) in [5.74, 6) is 1.78. The molecule has 1 aliphatic rings. The number of aromatic nitrogens is 2. The highest BCUT2D eigenvalue weighted by molar-refractivity contribution is 7.08. The van der Waals surface area contributed by atoms with E-state index in [4.69, 9.17) is 14.7 Å². The number of benzene rings is 1. The summed E-state index contributed by atoms with van der Waals surface area (Å²) in [5.41, 5.74) is 2.01. The highest BCUT2D eigenvalue weighted by Crippen LogP contribution is 2.29. The van der Waals surface area contributed by atoms with Gasteiger partial charge in [-0.05, 0) is 23.6 Å². The molecule has 1 saturated heterocycles. The molecular weight excluding hydrogens is 386 g/mol. The standard InChI is InChI=1S/C21H25N5O2S/c1-28-12-7-22-19(27)14-25-8-10-26(11-9-25)21-17-4-2-3-5-18(17)23-20(24-21)16-6-13-29-15-16/h2-6,13,15H,7-12,14H2,1H3,(H,22,27). The largest absolute Gasteiger partial charge is 0.383 e. The van der Waals surface area contributed by atoms with Crippen molar-refractivity contribution in [3.05, 3.63) is 41.1 Å². The van der Waals surface area contributed by atoms with Crippen molar-refractivity contribution in [1.29, 1.82) is 0 Å². The average molecular weight is 412 g/mol. The third kappa shape index (κ3) is 4.72. The first-order valence-electron chi connectivity index (χ1n) is 9.77. The minimum absolute atomic E-state index is 0.0442. The molecule has 1 aliphatic heterocycles. The summed E-state index contributed by atoms with van der Waals surface area (Å²) in [5, 5.41) is 8.07. The number of thiophene rings is 1. The molecule has 1 aromatic carbocycles. The van der Waals surface area contributed by atoms with Gasteiger partial charge in [-0.15, -0.1) is 0 Å². The Morgan fingerprint density at radius 2 is 2.00 bits per heavy atom. The summed E-state index contributed by atoms with van der Waals surface area (Å²) in [7, 11) is 1.63. The van der Waals surface area contributed by atoms with Crippen molar-refractivity contribution in [1.82, 2.24) is 20.2 Å². The minimum atomic E-state index is 0.0442. The average Bonchev–Trinajstić information content (AvgIpc) is 3.29. The van der Waals surface area contributed by atoms with Crippen LogP contribution in [0.3, 0.4) is 0 Å². The van der Waals surface area contributed by atoms with Crippen LogP contribution in [-0.4, -0.2) is 73.8 Å². The Hall–Kier alpha value is -2.55. The van der Waals surface area contributed by atoms with Gasteiger partial charge in [0.2, 0.25) is 5.91 Å². The van der Waals surface area contributed by atoms with Crippen molar-refractivity contribution in [3.63, 3.8) is 0 Å². The fourth-order valence-corrected chi connectivity index (χ4v) is 4.13.